The lowest BCUT2D eigenvalue weighted by Gasteiger charge is -2.36. The second kappa shape index (κ2) is 9.60. The van der Waals surface area contributed by atoms with E-state index in [9.17, 15) is 4.79 Å². The molecule has 2 aromatic carbocycles. The van der Waals surface area contributed by atoms with Crippen molar-refractivity contribution in [3.05, 3.63) is 59.2 Å². The van der Waals surface area contributed by atoms with E-state index >= 15 is 0 Å². The van der Waals surface area contributed by atoms with E-state index in [1.165, 1.54) is 11.3 Å². The molecule has 2 aromatic rings. The number of carbonyl (C=O) groups is 1. The second-order valence-electron chi connectivity index (χ2n) is 7.44. The highest BCUT2D eigenvalue weighted by Crippen LogP contribution is 2.20. The van der Waals surface area contributed by atoms with Crippen LogP contribution in [0.5, 0.6) is 5.75 Å². The molecule has 0 aliphatic carbocycles. The zero-order valence-corrected chi connectivity index (χ0v) is 17.2. The summed E-state index contributed by atoms with van der Waals surface area (Å²) in [5.74, 6) is 0.914. The molecular weight excluding hydrogens is 350 g/mol. The third-order valence-corrected chi connectivity index (χ3v) is 5.52. The normalized spacial score (nSPS) is 14.8. The van der Waals surface area contributed by atoms with Crippen LogP contribution in [0.3, 0.4) is 0 Å². The Morgan fingerprint density at radius 2 is 1.71 bits per heavy atom. The quantitative estimate of drug-likeness (QED) is 0.748. The number of hydrogen-bond acceptors (Lipinski definition) is 4. The molecule has 0 aromatic heterocycles. The van der Waals surface area contributed by atoms with Gasteiger partial charge in [-0.1, -0.05) is 6.07 Å². The topological polar surface area (TPSA) is 44.8 Å². The molecule has 0 unspecified atom stereocenters. The second-order valence-corrected chi connectivity index (χ2v) is 7.44. The van der Waals surface area contributed by atoms with Crippen LogP contribution in [0.15, 0.2) is 42.5 Å². The number of nitrogens with one attached hydrogen (secondary N) is 1. The molecule has 1 saturated heterocycles. The first-order valence-corrected chi connectivity index (χ1v) is 10.0. The average Bonchev–Trinajstić information content (AvgIpc) is 2.73. The number of rotatable bonds is 7. The van der Waals surface area contributed by atoms with Gasteiger partial charge in [0.2, 0.25) is 0 Å². The van der Waals surface area contributed by atoms with Crippen molar-refractivity contribution in [1.29, 1.82) is 0 Å². The summed E-state index contributed by atoms with van der Waals surface area (Å²) in [4.78, 5) is 17.2. The van der Waals surface area contributed by atoms with Crippen molar-refractivity contribution in [2.45, 2.75) is 20.3 Å². The fourth-order valence-electron chi connectivity index (χ4n) is 3.51. The maximum Gasteiger partial charge on any atom is 0.251 e. The number of anilines is 1. The van der Waals surface area contributed by atoms with Gasteiger partial charge in [-0.3, -0.25) is 9.69 Å². The highest BCUT2D eigenvalue weighted by Gasteiger charge is 2.17. The van der Waals surface area contributed by atoms with Crippen LogP contribution in [0.4, 0.5) is 5.69 Å². The fourth-order valence-corrected chi connectivity index (χ4v) is 3.51. The number of ether oxygens (including phenoxy) is 1. The number of amides is 1. The lowest BCUT2D eigenvalue weighted by atomic mass is 10.1. The predicted octanol–water partition coefficient (Wildman–Crippen LogP) is 3.25. The summed E-state index contributed by atoms with van der Waals surface area (Å²) in [7, 11) is 1.69. The molecule has 1 amide bonds. The van der Waals surface area contributed by atoms with Crippen LogP contribution in [0.25, 0.3) is 0 Å². The smallest absolute Gasteiger partial charge is 0.251 e. The van der Waals surface area contributed by atoms with Crippen molar-refractivity contribution in [2.75, 3.05) is 51.3 Å². The first-order valence-electron chi connectivity index (χ1n) is 10.0. The van der Waals surface area contributed by atoms with Gasteiger partial charge in [0.1, 0.15) is 5.75 Å². The van der Waals surface area contributed by atoms with Crippen LogP contribution < -0.4 is 15.0 Å². The van der Waals surface area contributed by atoms with E-state index in [1.807, 2.05) is 37.3 Å². The van der Waals surface area contributed by atoms with Gasteiger partial charge in [-0.2, -0.15) is 0 Å². The number of carbonyl (C=O) groups excluding carboxylic acids is 1. The standard InChI is InChI=1S/C23H31N3O2/c1-18-5-6-20(17-19(18)2)23(27)24-11-4-12-25-13-15-26(16-14-25)21-7-9-22(28-3)10-8-21/h5-10,17H,4,11-16H2,1-3H3,(H,24,27). The Morgan fingerprint density at radius 1 is 1.00 bits per heavy atom. The minimum absolute atomic E-state index is 0.0208. The Labute approximate surface area is 168 Å². The zero-order valence-electron chi connectivity index (χ0n) is 17.2. The average molecular weight is 382 g/mol. The highest BCUT2D eigenvalue weighted by molar-refractivity contribution is 5.94. The molecule has 0 atom stereocenters. The van der Waals surface area contributed by atoms with E-state index in [-0.39, 0.29) is 5.91 Å². The summed E-state index contributed by atoms with van der Waals surface area (Å²) < 4.78 is 5.23. The van der Waals surface area contributed by atoms with Crippen LogP contribution in [0.1, 0.15) is 27.9 Å². The SMILES string of the molecule is COc1ccc(N2CCN(CCCNC(=O)c3ccc(C)c(C)c3)CC2)cc1. The molecule has 5 nitrogen and oxygen atoms in total. The number of nitrogens with zero attached hydrogens (tertiary/aromatic N) is 2. The van der Waals surface area contributed by atoms with Gasteiger partial charge in [0.05, 0.1) is 7.11 Å². The Kier molecular flexibility index (Phi) is 6.93. The molecule has 150 valence electrons. The summed E-state index contributed by atoms with van der Waals surface area (Å²) in [5.41, 5.74) is 4.37. The molecule has 28 heavy (non-hydrogen) atoms. The minimum Gasteiger partial charge on any atom is -0.497 e. The third kappa shape index (κ3) is 5.26. The summed E-state index contributed by atoms with van der Waals surface area (Å²) in [6.07, 6.45) is 0.971. The molecule has 0 bridgehead atoms. The fraction of sp³-hybridized carbons (Fsp3) is 0.435. The van der Waals surface area contributed by atoms with E-state index in [4.69, 9.17) is 4.74 Å². The van der Waals surface area contributed by atoms with E-state index < -0.39 is 0 Å². The van der Waals surface area contributed by atoms with Crippen molar-refractivity contribution in [2.24, 2.45) is 0 Å². The van der Waals surface area contributed by atoms with Crippen LogP contribution in [0.2, 0.25) is 0 Å². The predicted molar refractivity (Wildman–Crippen MR) is 115 cm³/mol. The van der Waals surface area contributed by atoms with Gasteiger partial charge in [-0.05, 0) is 74.3 Å². The Hall–Kier alpha value is -2.53. The van der Waals surface area contributed by atoms with Gasteiger partial charge in [0, 0.05) is 44.0 Å². The van der Waals surface area contributed by atoms with Gasteiger partial charge in [-0.15, -0.1) is 0 Å². The monoisotopic (exact) mass is 381 g/mol. The molecule has 1 heterocycles. The largest absolute Gasteiger partial charge is 0.497 e. The lowest BCUT2D eigenvalue weighted by molar-refractivity contribution is 0.0951. The van der Waals surface area contributed by atoms with Gasteiger partial charge in [0.25, 0.3) is 5.91 Å². The van der Waals surface area contributed by atoms with Crippen molar-refractivity contribution in [3.63, 3.8) is 0 Å². The molecular formula is C23H31N3O2. The van der Waals surface area contributed by atoms with Crippen LogP contribution in [-0.4, -0.2) is 57.2 Å². The van der Waals surface area contributed by atoms with Crippen molar-refractivity contribution in [3.8, 4) is 5.75 Å². The minimum atomic E-state index is 0.0208. The van der Waals surface area contributed by atoms with E-state index in [0.717, 1.165) is 56.0 Å². The maximum atomic E-state index is 12.3. The van der Waals surface area contributed by atoms with Crippen LogP contribution >= 0.6 is 0 Å². The molecule has 1 aliphatic rings. The molecule has 1 aliphatic heterocycles. The molecule has 1 fully saturated rings. The van der Waals surface area contributed by atoms with E-state index in [0.29, 0.717) is 6.54 Å². The van der Waals surface area contributed by atoms with Crippen molar-refractivity contribution < 1.29 is 9.53 Å². The highest BCUT2D eigenvalue weighted by atomic mass is 16.5. The molecule has 0 saturated carbocycles. The summed E-state index contributed by atoms with van der Waals surface area (Å²) >= 11 is 0. The number of piperazine rings is 1. The zero-order chi connectivity index (χ0) is 19.9. The van der Waals surface area contributed by atoms with Crippen LogP contribution in [-0.2, 0) is 0 Å². The van der Waals surface area contributed by atoms with E-state index in [2.05, 4.69) is 34.2 Å². The number of benzene rings is 2. The maximum absolute atomic E-state index is 12.3. The third-order valence-electron chi connectivity index (χ3n) is 5.52. The number of methoxy groups -OCH3 is 1. The number of hydrogen-bond donors (Lipinski definition) is 1. The Balaban J connectivity index is 1.36. The molecule has 3 rings (SSSR count). The molecule has 0 radical (unpaired) electrons. The van der Waals surface area contributed by atoms with Crippen molar-refractivity contribution >= 4 is 11.6 Å². The Morgan fingerprint density at radius 3 is 2.36 bits per heavy atom. The first-order chi connectivity index (χ1) is 13.6. The Bertz CT molecular complexity index is 781. The summed E-state index contributed by atoms with van der Waals surface area (Å²) in [5, 5.41) is 3.04. The van der Waals surface area contributed by atoms with Crippen molar-refractivity contribution in [1.82, 2.24) is 10.2 Å². The van der Waals surface area contributed by atoms with Gasteiger partial charge >= 0.3 is 0 Å². The lowest BCUT2D eigenvalue weighted by Crippen LogP contribution is -2.47. The van der Waals surface area contributed by atoms with E-state index in [1.54, 1.807) is 7.11 Å². The van der Waals surface area contributed by atoms with Gasteiger partial charge < -0.3 is 15.0 Å². The van der Waals surface area contributed by atoms with Gasteiger partial charge in [0.15, 0.2) is 0 Å². The first kappa shape index (κ1) is 20.2. The molecule has 0 spiro atoms. The summed E-state index contributed by atoms with van der Waals surface area (Å²) in [6, 6.07) is 14.1. The number of aryl methyl sites for hydroxylation is 2. The summed E-state index contributed by atoms with van der Waals surface area (Å²) in [6.45, 7) is 9.99. The molecule has 5 heteroatoms. The molecule has 1 N–H and O–H groups in total. The van der Waals surface area contributed by atoms with Crippen LogP contribution in [0, 0.1) is 13.8 Å². The van der Waals surface area contributed by atoms with Gasteiger partial charge in [-0.25, -0.2) is 0 Å².